The van der Waals surface area contributed by atoms with Crippen LogP contribution in [0.5, 0.6) is 5.75 Å². The maximum Gasteiger partial charge on any atom is 0.225 e. The molecule has 5 nitrogen and oxygen atoms in total. The number of carbonyl (C=O) groups excluding carboxylic acids is 1. The average Bonchev–Trinajstić information content (AvgIpc) is 3.04. The van der Waals surface area contributed by atoms with Crippen LogP contribution in [0.4, 0.5) is 5.00 Å². The molecule has 2 atom stereocenters. The number of aliphatic hydroxyl groups is 1. The molecule has 0 bridgehead atoms. The van der Waals surface area contributed by atoms with Gasteiger partial charge in [-0.3, -0.25) is 4.79 Å². The zero-order valence-electron chi connectivity index (χ0n) is 16.3. The first-order valence-corrected chi connectivity index (χ1v) is 10.6. The normalized spacial score (nSPS) is 16.7. The van der Waals surface area contributed by atoms with Crippen molar-refractivity contribution in [3.05, 3.63) is 45.8 Å². The Hall–Kier alpha value is -2.36. The number of carbonyl (C=O) groups is 1. The largest absolute Gasteiger partial charge is 0.494 e. The predicted molar refractivity (Wildman–Crippen MR) is 111 cm³/mol. The molecule has 3 rings (SSSR count). The van der Waals surface area contributed by atoms with Crippen LogP contribution in [0.25, 0.3) is 0 Å². The number of fused-ring (bicyclic) bond motifs is 1. The molecule has 0 spiro atoms. The molecule has 0 aliphatic heterocycles. The number of rotatable bonds is 7. The summed E-state index contributed by atoms with van der Waals surface area (Å²) in [5, 5.41) is 22.6. The van der Waals surface area contributed by atoms with E-state index >= 15 is 0 Å². The number of amides is 1. The minimum Gasteiger partial charge on any atom is -0.494 e. The molecule has 0 fully saturated rings. The summed E-state index contributed by atoms with van der Waals surface area (Å²) in [5.74, 6) is 0.954. The number of anilines is 1. The molecular formula is C22H26N2O3S. The molecule has 2 unspecified atom stereocenters. The predicted octanol–water partition coefficient (Wildman–Crippen LogP) is 4.25. The van der Waals surface area contributed by atoms with Crippen molar-refractivity contribution in [2.24, 2.45) is 5.92 Å². The number of hydrogen-bond acceptors (Lipinski definition) is 5. The molecule has 1 heterocycles. The van der Waals surface area contributed by atoms with Crippen LogP contribution in [0.3, 0.4) is 0 Å². The van der Waals surface area contributed by atoms with Crippen molar-refractivity contribution >= 4 is 22.2 Å². The van der Waals surface area contributed by atoms with E-state index in [0.29, 0.717) is 23.6 Å². The van der Waals surface area contributed by atoms with Gasteiger partial charge in [0.2, 0.25) is 5.91 Å². The molecule has 148 valence electrons. The fraction of sp³-hybridized carbons (Fsp3) is 0.455. The molecule has 6 heteroatoms. The van der Waals surface area contributed by atoms with Crippen LogP contribution in [0, 0.1) is 17.2 Å². The summed E-state index contributed by atoms with van der Waals surface area (Å²) in [6.45, 7) is 4.69. The van der Waals surface area contributed by atoms with Gasteiger partial charge in [0.25, 0.3) is 0 Å². The number of thiophene rings is 1. The zero-order chi connectivity index (χ0) is 20.1. The summed E-state index contributed by atoms with van der Waals surface area (Å²) in [6.07, 6.45) is 2.76. The third kappa shape index (κ3) is 4.37. The van der Waals surface area contributed by atoms with Crippen molar-refractivity contribution in [3.8, 4) is 11.8 Å². The highest BCUT2D eigenvalue weighted by molar-refractivity contribution is 7.16. The Balaban J connectivity index is 1.72. The first-order valence-electron chi connectivity index (χ1n) is 9.74. The number of nitriles is 1. The van der Waals surface area contributed by atoms with Gasteiger partial charge in [0, 0.05) is 17.9 Å². The number of para-hydroxylation sites is 1. The summed E-state index contributed by atoms with van der Waals surface area (Å²) in [4.78, 5) is 13.8. The van der Waals surface area contributed by atoms with Crippen LogP contribution >= 0.6 is 11.3 Å². The molecule has 28 heavy (non-hydrogen) atoms. The van der Waals surface area contributed by atoms with E-state index in [4.69, 9.17) is 4.74 Å². The Morgan fingerprint density at radius 2 is 2.25 bits per heavy atom. The molecular weight excluding hydrogens is 372 g/mol. The third-order valence-electron chi connectivity index (χ3n) is 5.23. The van der Waals surface area contributed by atoms with Gasteiger partial charge in [0.05, 0.1) is 12.2 Å². The Morgan fingerprint density at radius 3 is 2.96 bits per heavy atom. The lowest BCUT2D eigenvalue weighted by Crippen LogP contribution is -2.16. The standard InChI is InChI=1S/C22H26N2O3S/c1-3-27-19-7-5-4-6-16(19)14(2)10-21(26)24-22-18(12-23)17-9-8-15(13-25)11-20(17)28-22/h4-7,14-15,25H,3,8-11,13H2,1-2H3,(H,24,26). The van der Waals surface area contributed by atoms with Gasteiger partial charge in [-0.2, -0.15) is 5.26 Å². The van der Waals surface area contributed by atoms with Gasteiger partial charge in [0.1, 0.15) is 16.8 Å². The topological polar surface area (TPSA) is 82.3 Å². The van der Waals surface area contributed by atoms with E-state index in [1.54, 1.807) is 0 Å². The van der Waals surface area contributed by atoms with Crippen LogP contribution in [-0.2, 0) is 17.6 Å². The lowest BCUT2D eigenvalue weighted by molar-refractivity contribution is -0.116. The van der Waals surface area contributed by atoms with E-state index in [2.05, 4.69) is 11.4 Å². The van der Waals surface area contributed by atoms with Crippen LogP contribution < -0.4 is 10.1 Å². The van der Waals surface area contributed by atoms with E-state index < -0.39 is 0 Å². The Labute approximate surface area is 170 Å². The van der Waals surface area contributed by atoms with Crippen LogP contribution in [0.15, 0.2) is 24.3 Å². The molecule has 1 aromatic carbocycles. The van der Waals surface area contributed by atoms with Crippen molar-refractivity contribution in [1.29, 1.82) is 5.26 Å². The SMILES string of the molecule is CCOc1ccccc1C(C)CC(=O)Nc1sc2c(c1C#N)CCC(CO)C2. The summed E-state index contributed by atoms with van der Waals surface area (Å²) in [7, 11) is 0. The number of nitrogens with zero attached hydrogens (tertiary/aromatic N) is 1. The van der Waals surface area contributed by atoms with E-state index in [9.17, 15) is 15.2 Å². The quantitative estimate of drug-likeness (QED) is 0.730. The minimum absolute atomic E-state index is 0.00152. The second-order valence-corrected chi connectivity index (χ2v) is 8.34. The Morgan fingerprint density at radius 1 is 1.46 bits per heavy atom. The van der Waals surface area contributed by atoms with Gasteiger partial charge in [0.15, 0.2) is 0 Å². The Bertz CT molecular complexity index is 884. The minimum atomic E-state index is -0.104. The maximum absolute atomic E-state index is 12.7. The summed E-state index contributed by atoms with van der Waals surface area (Å²) in [5.41, 5.74) is 2.64. The van der Waals surface area contributed by atoms with Gasteiger partial charge >= 0.3 is 0 Å². The number of benzene rings is 1. The molecule has 1 amide bonds. The van der Waals surface area contributed by atoms with E-state index in [0.717, 1.165) is 41.0 Å². The fourth-order valence-electron chi connectivity index (χ4n) is 3.76. The zero-order valence-corrected chi connectivity index (χ0v) is 17.1. The number of nitrogens with one attached hydrogen (secondary N) is 1. The van der Waals surface area contributed by atoms with Crippen LogP contribution in [0.2, 0.25) is 0 Å². The molecule has 0 radical (unpaired) electrons. The maximum atomic E-state index is 12.7. The molecule has 2 aromatic rings. The lowest BCUT2D eigenvalue weighted by atomic mass is 9.88. The van der Waals surface area contributed by atoms with Crippen molar-refractivity contribution in [2.75, 3.05) is 18.5 Å². The molecule has 0 saturated heterocycles. The van der Waals surface area contributed by atoms with Crippen molar-refractivity contribution in [3.63, 3.8) is 0 Å². The second-order valence-electron chi connectivity index (χ2n) is 7.24. The van der Waals surface area contributed by atoms with E-state index in [1.807, 2.05) is 38.1 Å². The van der Waals surface area contributed by atoms with Crippen LogP contribution in [0.1, 0.15) is 54.2 Å². The molecule has 0 saturated carbocycles. The van der Waals surface area contributed by atoms with Gasteiger partial charge in [-0.05, 0) is 55.2 Å². The first kappa shape index (κ1) is 20.4. The number of aliphatic hydroxyl groups excluding tert-OH is 1. The van der Waals surface area contributed by atoms with Crippen molar-refractivity contribution in [2.45, 2.75) is 45.4 Å². The first-order chi connectivity index (χ1) is 13.6. The number of hydrogen-bond donors (Lipinski definition) is 2. The van der Waals surface area contributed by atoms with Crippen molar-refractivity contribution < 1.29 is 14.6 Å². The van der Waals surface area contributed by atoms with Crippen LogP contribution in [-0.4, -0.2) is 24.2 Å². The Kier molecular flexibility index (Phi) is 6.71. The summed E-state index contributed by atoms with van der Waals surface area (Å²) in [6, 6.07) is 10.1. The summed E-state index contributed by atoms with van der Waals surface area (Å²) >= 11 is 1.48. The highest BCUT2D eigenvalue weighted by atomic mass is 32.1. The monoisotopic (exact) mass is 398 g/mol. The van der Waals surface area contributed by atoms with Gasteiger partial charge in [-0.1, -0.05) is 25.1 Å². The van der Waals surface area contributed by atoms with E-state index in [-0.39, 0.29) is 24.3 Å². The summed E-state index contributed by atoms with van der Waals surface area (Å²) < 4.78 is 5.68. The molecule has 1 aliphatic rings. The second kappa shape index (κ2) is 9.22. The number of ether oxygens (including phenoxy) is 1. The molecule has 1 aromatic heterocycles. The average molecular weight is 399 g/mol. The highest BCUT2D eigenvalue weighted by Crippen LogP contribution is 2.39. The van der Waals surface area contributed by atoms with Gasteiger partial charge in [-0.15, -0.1) is 11.3 Å². The van der Waals surface area contributed by atoms with E-state index in [1.165, 1.54) is 11.3 Å². The lowest BCUT2D eigenvalue weighted by Gasteiger charge is -2.19. The van der Waals surface area contributed by atoms with Gasteiger partial charge in [-0.25, -0.2) is 0 Å². The molecule has 1 aliphatic carbocycles. The molecule has 2 N–H and O–H groups in total. The third-order valence-corrected chi connectivity index (χ3v) is 6.40. The fourth-order valence-corrected chi connectivity index (χ4v) is 5.09. The highest BCUT2D eigenvalue weighted by Gasteiger charge is 2.26. The van der Waals surface area contributed by atoms with Crippen molar-refractivity contribution in [1.82, 2.24) is 0 Å². The van der Waals surface area contributed by atoms with Gasteiger partial charge < -0.3 is 15.2 Å². The smallest absolute Gasteiger partial charge is 0.225 e.